The molecular formula is C14H12ClF2NO. The Hall–Kier alpha value is -1.81. The Morgan fingerprint density at radius 1 is 1.21 bits per heavy atom. The van der Waals surface area contributed by atoms with Crippen LogP contribution in [0.2, 0.25) is 5.02 Å². The molecule has 0 radical (unpaired) electrons. The van der Waals surface area contributed by atoms with E-state index in [0.29, 0.717) is 11.3 Å². The van der Waals surface area contributed by atoms with Crippen LogP contribution in [-0.2, 0) is 6.54 Å². The van der Waals surface area contributed by atoms with Gasteiger partial charge in [0.25, 0.3) is 0 Å². The highest BCUT2D eigenvalue weighted by atomic mass is 35.5. The number of rotatable bonds is 4. The van der Waals surface area contributed by atoms with Gasteiger partial charge in [0.1, 0.15) is 17.4 Å². The van der Waals surface area contributed by atoms with Crippen molar-refractivity contribution < 1.29 is 13.5 Å². The minimum atomic E-state index is -0.500. The van der Waals surface area contributed by atoms with Crippen LogP contribution in [0.25, 0.3) is 0 Å². The van der Waals surface area contributed by atoms with Crippen molar-refractivity contribution in [3.05, 3.63) is 58.6 Å². The summed E-state index contributed by atoms with van der Waals surface area (Å²) in [7, 11) is 1.49. The van der Waals surface area contributed by atoms with Crippen molar-refractivity contribution in [2.45, 2.75) is 6.54 Å². The Morgan fingerprint density at radius 3 is 2.74 bits per heavy atom. The van der Waals surface area contributed by atoms with E-state index in [1.54, 1.807) is 12.1 Å². The Morgan fingerprint density at radius 2 is 2.00 bits per heavy atom. The normalized spacial score (nSPS) is 10.3. The topological polar surface area (TPSA) is 21.3 Å². The van der Waals surface area contributed by atoms with Crippen LogP contribution in [0.4, 0.5) is 14.5 Å². The molecule has 0 aliphatic carbocycles. The summed E-state index contributed by atoms with van der Waals surface area (Å²) in [6, 6.07) is 9.01. The Bertz CT molecular complexity index is 590. The largest absolute Gasteiger partial charge is 0.497 e. The van der Waals surface area contributed by atoms with E-state index in [2.05, 4.69) is 5.32 Å². The maximum absolute atomic E-state index is 13.7. The van der Waals surface area contributed by atoms with E-state index in [0.717, 1.165) is 0 Å². The molecule has 0 aromatic heterocycles. The van der Waals surface area contributed by atoms with Gasteiger partial charge in [-0.25, -0.2) is 8.78 Å². The zero-order valence-corrected chi connectivity index (χ0v) is 11.0. The third-order valence-electron chi connectivity index (χ3n) is 2.67. The standard InChI is InChI=1S/C14H12ClF2NO/c1-19-10-5-6-12(16)13(7-10)18-8-9-3-2-4-11(15)14(9)17/h2-7,18H,8H2,1H3. The molecule has 100 valence electrons. The number of anilines is 1. The van der Waals surface area contributed by atoms with Gasteiger partial charge in [0.05, 0.1) is 17.8 Å². The number of ether oxygens (including phenoxy) is 1. The van der Waals surface area contributed by atoms with Crippen LogP contribution in [0.5, 0.6) is 5.75 Å². The second-order valence-corrected chi connectivity index (χ2v) is 4.32. The summed E-state index contributed by atoms with van der Waals surface area (Å²) < 4.78 is 32.2. The van der Waals surface area contributed by atoms with E-state index in [1.165, 1.54) is 31.4 Å². The molecule has 0 aliphatic heterocycles. The molecule has 0 saturated heterocycles. The van der Waals surface area contributed by atoms with Gasteiger partial charge in [-0.15, -0.1) is 0 Å². The van der Waals surface area contributed by atoms with Crippen molar-refractivity contribution in [2.75, 3.05) is 12.4 Å². The lowest BCUT2D eigenvalue weighted by Gasteiger charge is -2.10. The fourth-order valence-electron chi connectivity index (χ4n) is 1.64. The van der Waals surface area contributed by atoms with Gasteiger partial charge in [0.2, 0.25) is 0 Å². The lowest BCUT2D eigenvalue weighted by molar-refractivity contribution is 0.414. The smallest absolute Gasteiger partial charge is 0.146 e. The second kappa shape index (κ2) is 5.89. The molecule has 2 nitrogen and oxygen atoms in total. The quantitative estimate of drug-likeness (QED) is 0.906. The molecule has 2 aromatic carbocycles. The Balaban J connectivity index is 2.16. The first kappa shape index (κ1) is 13.6. The van der Waals surface area contributed by atoms with E-state index >= 15 is 0 Å². The molecular weight excluding hydrogens is 272 g/mol. The summed E-state index contributed by atoms with van der Waals surface area (Å²) in [5.41, 5.74) is 0.619. The fraction of sp³-hybridized carbons (Fsp3) is 0.143. The molecule has 5 heteroatoms. The first-order valence-electron chi connectivity index (χ1n) is 5.62. The molecule has 0 aliphatic rings. The van der Waals surface area contributed by atoms with Crippen LogP contribution in [0.15, 0.2) is 36.4 Å². The molecule has 19 heavy (non-hydrogen) atoms. The number of hydrogen-bond acceptors (Lipinski definition) is 2. The van der Waals surface area contributed by atoms with Crippen LogP contribution in [-0.4, -0.2) is 7.11 Å². The van der Waals surface area contributed by atoms with Gasteiger partial charge in [-0.05, 0) is 18.2 Å². The Kier molecular flexibility index (Phi) is 4.22. The van der Waals surface area contributed by atoms with Gasteiger partial charge in [-0.3, -0.25) is 0 Å². The van der Waals surface area contributed by atoms with Gasteiger partial charge in [-0.1, -0.05) is 23.7 Å². The van der Waals surface area contributed by atoms with Crippen LogP contribution in [0, 0.1) is 11.6 Å². The van der Waals surface area contributed by atoms with Crippen LogP contribution in [0.1, 0.15) is 5.56 Å². The van der Waals surface area contributed by atoms with Gasteiger partial charge in [-0.2, -0.15) is 0 Å². The number of benzene rings is 2. The summed E-state index contributed by atoms with van der Waals surface area (Å²) in [4.78, 5) is 0. The van der Waals surface area contributed by atoms with Crippen LogP contribution < -0.4 is 10.1 Å². The van der Waals surface area contributed by atoms with Crippen molar-refractivity contribution in [1.29, 1.82) is 0 Å². The van der Waals surface area contributed by atoms with Gasteiger partial charge in [0.15, 0.2) is 0 Å². The van der Waals surface area contributed by atoms with Crippen LogP contribution >= 0.6 is 11.6 Å². The van der Waals surface area contributed by atoms with Gasteiger partial charge in [0, 0.05) is 18.2 Å². The first-order valence-corrected chi connectivity index (χ1v) is 6.00. The van der Waals surface area contributed by atoms with E-state index in [4.69, 9.17) is 16.3 Å². The highest BCUT2D eigenvalue weighted by molar-refractivity contribution is 6.30. The second-order valence-electron chi connectivity index (χ2n) is 3.91. The molecule has 1 N–H and O–H groups in total. The molecule has 2 rings (SSSR count). The summed E-state index contributed by atoms with van der Waals surface area (Å²) in [5, 5.41) is 2.87. The number of hydrogen-bond donors (Lipinski definition) is 1. The third kappa shape index (κ3) is 3.15. The SMILES string of the molecule is COc1ccc(F)c(NCc2cccc(Cl)c2F)c1. The lowest BCUT2D eigenvalue weighted by Crippen LogP contribution is -2.04. The average molecular weight is 284 g/mol. The highest BCUT2D eigenvalue weighted by Crippen LogP contribution is 2.23. The maximum atomic E-state index is 13.7. The van der Waals surface area contributed by atoms with Gasteiger partial charge >= 0.3 is 0 Å². The van der Waals surface area contributed by atoms with E-state index in [1.807, 2.05) is 0 Å². The van der Waals surface area contributed by atoms with Gasteiger partial charge < -0.3 is 10.1 Å². The van der Waals surface area contributed by atoms with Crippen molar-refractivity contribution in [1.82, 2.24) is 0 Å². The molecule has 0 spiro atoms. The number of nitrogens with one attached hydrogen (secondary N) is 1. The summed E-state index contributed by atoms with van der Waals surface area (Å²) in [6.45, 7) is 0.135. The van der Waals surface area contributed by atoms with E-state index in [9.17, 15) is 8.78 Å². The number of halogens is 3. The maximum Gasteiger partial charge on any atom is 0.146 e. The Labute approximate surface area is 115 Å². The third-order valence-corrected chi connectivity index (χ3v) is 2.97. The summed E-state index contributed by atoms with van der Waals surface area (Å²) in [5.74, 6) is -0.404. The zero-order valence-electron chi connectivity index (χ0n) is 10.2. The predicted octanol–water partition coefficient (Wildman–Crippen LogP) is 4.24. The lowest BCUT2D eigenvalue weighted by atomic mass is 10.2. The molecule has 2 aromatic rings. The number of methoxy groups -OCH3 is 1. The molecule has 0 bridgehead atoms. The molecule has 0 saturated carbocycles. The fourth-order valence-corrected chi connectivity index (χ4v) is 1.84. The summed E-state index contributed by atoms with van der Waals surface area (Å²) in [6.07, 6.45) is 0. The van der Waals surface area contributed by atoms with E-state index < -0.39 is 11.6 Å². The van der Waals surface area contributed by atoms with Crippen LogP contribution in [0.3, 0.4) is 0 Å². The van der Waals surface area contributed by atoms with Crippen molar-refractivity contribution in [3.8, 4) is 5.75 Å². The van der Waals surface area contributed by atoms with Crippen molar-refractivity contribution in [2.24, 2.45) is 0 Å². The molecule has 0 fully saturated rings. The molecule has 0 unspecified atom stereocenters. The predicted molar refractivity (Wildman–Crippen MR) is 71.7 cm³/mol. The summed E-state index contributed by atoms with van der Waals surface area (Å²) >= 11 is 5.68. The minimum Gasteiger partial charge on any atom is -0.497 e. The average Bonchev–Trinajstić information content (AvgIpc) is 2.42. The van der Waals surface area contributed by atoms with Crippen molar-refractivity contribution >= 4 is 17.3 Å². The molecule has 0 amide bonds. The molecule has 0 heterocycles. The monoisotopic (exact) mass is 283 g/mol. The van der Waals surface area contributed by atoms with Crippen molar-refractivity contribution in [3.63, 3.8) is 0 Å². The minimum absolute atomic E-state index is 0.0467. The highest BCUT2D eigenvalue weighted by Gasteiger charge is 2.08. The van der Waals surface area contributed by atoms with E-state index in [-0.39, 0.29) is 17.3 Å². The molecule has 0 atom stereocenters. The zero-order chi connectivity index (χ0) is 13.8. The first-order chi connectivity index (χ1) is 9.11.